The molecule has 0 bridgehead atoms. The van der Waals surface area contributed by atoms with Gasteiger partial charge in [0.25, 0.3) is 0 Å². The average molecular weight is 1870 g/mol. The van der Waals surface area contributed by atoms with Crippen molar-refractivity contribution < 1.29 is 18.9 Å². The number of ether oxygens (including phenoxy) is 4. The molecule has 6 aromatic heterocycles. The number of nitrogens with zero attached hydrogens (tertiary/aromatic N) is 10. The lowest BCUT2D eigenvalue weighted by Crippen LogP contribution is -2.40. The van der Waals surface area contributed by atoms with Gasteiger partial charge in [-0.2, -0.15) is 15.3 Å². The van der Waals surface area contributed by atoms with Gasteiger partial charge in [-0.15, -0.1) is 0 Å². The fourth-order valence-electron chi connectivity index (χ4n) is 16.5. The van der Waals surface area contributed by atoms with E-state index in [1.807, 2.05) is 104 Å². The minimum Gasteiger partial charge on any atom is -0.381 e. The van der Waals surface area contributed by atoms with Gasteiger partial charge in [0, 0.05) is 124 Å². The number of hydrogen-bond donors (Lipinski definition) is 2. The fourth-order valence-corrected chi connectivity index (χ4v) is 16.5. The molecule has 9 aliphatic rings. The van der Waals surface area contributed by atoms with Crippen LogP contribution in [0.5, 0.6) is 0 Å². The zero-order valence-corrected chi connectivity index (χ0v) is 92.2. The van der Waals surface area contributed by atoms with E-state index in [1.54, 1.807) is 24.2 Å². The van der Waals surface area contributed by atoms with Crippen molar-refractivity contribution in [1.82, 2.24) is 60.3 Å². The van der Waals surface area contributed by atoms with Crippen LogP contribution in [0.25, 0.3) is 0 Å². The zero-order valence-electron chi connectivity index (χ0n) is 92.2. The maximum absolute atomic E-state index is 5.48. The molecule has 766 valence electrons. The second-order valence-electron chi connectivity index (χ2n) is 43.2. The van der Waals surface area contributed by atoms with Gasteiger partial charge in [-0.25, -0.2) is 0 Å². The Kier molecular flexibility index (Phi) is 70.5. The smallest absolute Gasteiger partial charge is 0.0656 e. The summed E-state index contributed by atoms with van der Waals surface area (Å²) in [4.78, 5) is 23.7. The zero-order chi connectivity index (χ0) is 100. The number of nitrogens with one attached hydrogen (secondary N) is 2. The molecule has 0 amide bonds. The largest absolute Gasteiger partial charge is 0.381 e. The summed E-state index contributed by atoms with van der Waals surface area (Å²) in [6, 6.07) is 34.8. The highest BCUT2D eigenvalue weighted by atomic mass is 16.5. The van der Waals surface area contributed by atoms with E-state index in [0.29, 0.717) is 64.8 Å². The number of aromatic nitrogens is 8. The summed E-state index contributed by atoms with van der Waals surface area (Å²) in [5.41, 5.74) is 11.0. The van der Waals surface area contributed by atoms with E-state index in [-0.39, 0.29) is 0 Å². The van der Waals surface area contributed by atoms with E-state index >= 15 is 0 Å². The molecule has 6 saturated heterocycles. The predicted octanol–water partition coefficient (Wildman–Crippen LogP) is 30.2. The maximum atomic E-state index is 5.48. The summed E-state index contributed by atoms with van der Waals surface area (Å²) >= 11 is 0. The first-order valence-corrected chi connectivity index (χ1v) is 53.8. The Hall–Kier alpha value is -6.47. The van der Waals surface area contributed by atoms with Gasteiger partial charge >= 0.3 is 0 Å². The molecule has 16 nitrogen and oxygen atoms in total. The molecule has 7 aromatic rings. The molecule has 135 heavy (non-hydrogen) atoms. The molecule has 2 N–H and O–H groups in total. The minimum absolute atomic E-state index is 0.485. The van der Waals surface area contributed by atoms with Crippen molar-refractivity contribution >= 4 is 0 Å². The van der Waals surface area contributed by atoms with Crippen molar-refractivity contribution in [3.8, 4) is 0 Å². The monoisotopic (exact) mass is 1870 g/mol. The average Bonchev–Trinajstić information content (AvgIpc) is 1.66. The van der Waals surface area contributed by atoms with Crippen molar-refractivity contribution in [1.29, 1.82) is 0 Å². The molecule has 1 atom stereocenters. The lowest BCUT2D eigenvalue weighted by atomic mass is 9.82. The van der Waals surface area contributed by atoms with Gasteiger partial charge in [0.15, 0.2) is 0 Å². The van der Waals surface area contributed by atoms with E-state index in [9.17, 15) is 0 Å². The highest BCUT2D eigenvalue weighted by Gasteiger charge is 2.41. The topological polar surface area (TPSA) is 165 Å². The lowest BCUT2D eigenvalue weighted by molar-refractivity contribution is 0.0238. The van der Waals surface area contributed by atoms with Crippen LogP contribution in [0.15, 0.2) is 171 Å². The Bertz CT molecular complexity index is 3320. The number of aromatic amines is 1. The first kappa shape index (κ1) is 125. The van der Waals surface area contributed by atoms with E-state index in [2.05, 4.69) is 311 Å². The van der Waals surface area contributed by atoms with Crippen LogP contribution in [0, 0.1) is 58.7 Å². The van der Waals surface area contributed by atoms with Crippen molar-refractivity contribution in [3.05, 3.63) is 210 Å². The van der Waals surface area contributed by atoms with Crippen LogP contribution in [-0.4, -0.2) is 178 Å². The summed E-state index contributed by atoms with van der Waals surface area (Å²) in [6.45, 7) is 84.3. The second-order valence-corrected chi connectivity index (χ2v) is 43.2. The number of hydrogen-bond acceptors (Lipinski definition) is 15. The number of H-pyrrole nitrogens is 1. The van der Waals surface area contributed by atoms with E-state index in [0.717, 1.165) is 137 Å². The van der Waals surface area contributed by atoms with E-state index in [4.69, 9.17) is 18.9 Å². The summed E-state index contributed by atoms with van der Waals surface area (Å²) in [6.07, 6.45) is 45.8. The third-order valence-corrected chi connectivity index (χ3v) is 27.2. The molecule has 2 saturated carbocycles. The number of morpholine rings is 1. The standard InChI is InChI=1S/C10H19NO.C9H19N.C9H18.C9H12.C8H17N.4C8H11N.C8H16O.C8H14O.C7H10N2.C7H15NO.C6H10N2.C6H12/c1-9(2)11-5-3-10(7-11)4-6-12-8-10;1-9(2)10-7-5-3-4-6-8-10;2*1-8(2)9-6-4-3-5-7-9;2*1-7(2)8-3-5-9-6-4-8;2*1-7(2)8-4-3-5-9-6-8;1-7(2)8-5-3-4-6-9-8;2*1-7(2)8-3-5-9-6-4-8;1-6(2)7-4-3-5-8-9-7;1-7(2)8-3-5-9-6-4-8;1-5(2)6-3-7-8-4-6;1-5(2)6-3-4-6/h9H,3-8H2,1-2H3;9H,3-8H2,1-2H3;8-9H,3-7H2,1-2H3;3-8H,1-2H3;7-9H,3-6H2,1-2H3;4*3-7H,1-2H3;7-8H,3-6H2,1-2H3;3,7H,4-6H2,1-2H3;3-6H,1-2H3;7H,3-6H2,1-2H3;3-5H,1-2H3,(H,7,8);5-6H,3-4H2,1-2H3. The highest BCUT2D eigenvalue weighted by molar-refractivity contribution is 5.18. The van der Waals surface area contributed by atoms with Crippen LogP contribution in [0.1, 0.15) is 404 Å². The molecule has 7 aliphatic heterocycles. The van der Waals surface area contributed by atoms with Crippen molar-refractivity contribution in [2.75, 3.05) is 105 Å². The van der Waals surface area contributed by atoms with Crippen LogP contribution in [-0.2, 0) is 18.9 Å². The fraction of sp³-hybridized carbons (Fsp3) is 0.706. The second kappa shape index (κ2) is 76.3. The van der Waals surface area contributed by atoms with Crippen LogP contribution >= 0.6 is 0 Å². The van der Waals surface area contributed by atoms with E-state index < -0.39 is 0 Å². The summed E-state index contributed by atoms with van der Waals surface area (Å²) in [5, 5.41) is 17.6. The lowest BCUT2D eigenvalue weighted by Gasteiger charge is -2.29. The number of piperidine rings is 1. The molecular formula is C119H206N12O4. The Morgan fingerprint density at radius 3 is 1.10 bits per heavy atom. The van der Waals surface area contributed by atoms with Gasteiger partial charge < -0.3 is 34.1 Å². The van der Waals surface area contributed by atoms with Gasteiger partial charge in [0.05, 0.1) is 44.9 Å². The third kappa shape index (κ3) is 61.7. The molecule has 16 rings (SSSR count). The van der Waals surface area contributed by atoms with Crippen molar-refractivity contribution in [3.63, 3.8) is 0 Å². The van der Waals surface area contributed by atoms with Crippen molar-refractivity contribution in [2.24, 2.45) is 58.7 Å². The molecule has 2 aliphatic carbocycles. The Labute approximate surface area is 830 Å². The molecule has 13 heterocycles. The van der Waals surface area contributed by atoms with Crippen LogP contribution in [0.3, 0.4) is 0 Å². The molecule has 1 aromatic carbocycles. The van der Waals surface area contributed by atoms with Gasteiger partial charge in [-0.1, -0.05) is 271 Å². The first-order valence-electron chi connectivity index (χ1n) is 53.8. The van der Waals surface area contributed by atoms with Crippen LogP contribution in [0.2, 0.25) is 0 Å². The Balaban J connectivity index is 0.000000490. The summed E-state index contributed by atoms with van der Waals surface area (Å²) < 4.78 is 21.1. The normalized spacial score (nSPS) is 18.2. The van der Waals surface area contributed by atoms with Gasteiger partial charge in [0.2, 0.25) is 0 Å². The SMILES string of the molecule is CC(C)C1=CCOCC1.CC(C)C1CC1.CC(C)C1CCCCC1.CC(C)C1CCNCC1.CC(C)C1CCOCC1.CC(C)N1CCC2(CCOC2)C1.CC(C)N1CCCCCC1.CC(C)N1CCOCC1.CC(C)c1ccccc1.CC(C)c1ccccn1.CC(C)c1cccnc1.CC(C)c1cccnc1.CC(C)c1cccnn1.CC(C)c1ccncc1.CC(C)c1cn[nH]c1. The number of benzene rings is 1. The van der Waals surface area contributed by atoms with E-state index in [1.165, 1.54) is 176 Å². The Morgan fingerprint density at radius 2 is 0.793 bits per heavy atom. The predicted molar refractivity (Wildman–Crippen MR) is 581 cm³/mol. The molecular weight excluding hydrogens is 1660 g/mol. The molecule has 8 fully saturated rings. The maximum Gasteiger partial charge on any atom is 0.0656 e. The number of likely N-dealkylation sites (tertiary alicyclic amines) is 2. The van der Waals surface area contributed by atoms with Gasteiger partial charge in [0.1, 0.15) is 0 Å². The minimum atomic E-state index is 0.485. The summed E-state index contributed by atoms with van der Waals surface area (Å²) in [5.74, 6) is 12.5. The number of pyridine rings is 4. The number of rotatable bonds is 15. The van der Waals surface area contributed by atoms with Gasteiger partial charge in [-0.05, 0) is 316 Å². The van der Waals surface area contributed by atoms with Crippen LogP contribution < -0.4 is 5.32 Å². The Morgan fingerprint density at radius 1 is 0.333 bits per heavy atom. The highest BCUT2D eigenvalue weighted by Crippen LogP contribution is 2.39. The molecule has 1 unspecified atom stereocenters. The first-order chi connectivity index (χ1) is 64.5. The molecule has 16 heteroatoms. The summed E-state index contributed by atoms with van der Waals surface area (Å²) in [7, 11) is 0. The quantitative estimate of drug-likeness (QED) is 0.0931. The van der Waals surface area contributed by atoms with Crippen molar-refractivity contribution in [2.45, 2.75) is 383 Å². The molecule has 0 radical (unpaired) electrons. The third-order valence-electron chi connectivity index (χ3n) is 27.2. The van der Waals surface area contributed by atoms with Crippen LogP contribution in [0.4, 0.5) is 0 Å². The molecule has 1 spiro atoms. The van der Waals surface area contributed by atoms with Gasteiger partial charge in [-0.3, -0.25) is 29.9 Å².